The first-order valence-electron chi connectivity index (χ1n) is 3.82. The van der Waals surface area contributed by atoms with Crippen LogP contribution in [0, 0.1) is 5.82 Å². The van der Waals surface area contributed by atoms with Crippen LogP contribution in [0.2, 0.25) is 0 Å². The van der Waals surface area contributed by atoms with Crippen LogP contribution in [0.5, 0.6) is 0 Å². The molecule has 1 rings (SSSR count). The molecule has 0 atom stereocenters. The second kappa shape index (κ2) is 9.38. The summed E-state index contributed by atoms with van der Waals surface area (Å²) in [7, 11) is -3.85. The maximum absolute atomic E-state index is 12.4. The normalized spacial score (nSPS) is 9.94. The van der Waals surface area contributed by atoms with Crippen LogP contribution in [-0.2, 0) is 25.8 Å². The zero-order valence-corrected chi connectivity index (χ0v) is 14.8. The van der Waals surface area contributed by atoms with Crippen molar-refractivity contribution in [3.8, 4) is 0 Å². The summed E-state index contributed by atoms with van der Waals surface area (Å²) in [6, 6.07) is 5.72. The van der Waals surface area contributed by atoms with Crippen LogP contribution in [0.3, 0.4) is 0 Å². The van der Waals surface area contributed by atoms with Gasteiger partial charge < -0.3 is 9.11 Å². The van der Waals surface area contributed by atoms with Gasteiger partial charge in [-0.2, -0.15) is 0 Å². The zero-order valence-electron chi connectivity index (χ0n) is 9.14. The average Bonchev–Trinajstić information content (AvgIpc) is 2.06. The van der Waals surface area contributed by atoms with Gasteiger partial charge in [0.1, 0.15) is 5.82 Å². The molecule has 1 aromatic carbocycles. The Morgan fingerprint density at radius 1 is 1.19 bits per heavy atom. The third kappa shape index (κ3) is 9.47. The standard InChI is InChI=1S/C8H9FO3S2.2Na/c9-8-3-1-7(2-4-8)5-6-13-14(10,11)12;;/h1-4H,5-6H2,(H-,10,11,12);;/q;2*+1/p-1. The summed E-state index contributed by atoms with van der Waals surface area (Å²) in [5, 5.41) is 0. The minimum absolute atomic E-state index is 0. The Bertz CT molecular complexity index is 408. The number of hydrogen-bond donors (Lipinski definition) is 0. The molecule has 0 bridgehead atoms. The number of halogens is 1. The van der Waals surface area contributed by atoms with Crippen molar-refractivity contribution in [2.45, 2.75) is 6.42 Å². The van der Waals surface area contributed by atoms with Gasteiger partial charge in [0, 0.05) is 6.42 Å². The van der Waals surface area contributed by atoms with E-state index in [9.17, 15) is 17.7 Å². The molecule has 8 heteroatoms. The third-order valence-corrected chi connectivity index (χ3v) is 3.56. The van der Waals surface area contributed by atoms with Gasteiger partial charge in [-0.05, 0) is 17.7 Å². The quantitative estimate of drug-likeness (QED) is 0.411. The van der Waals surface area contributed by atoms with E-state index in [1.807, 2.05) is 0 Å². The van der Waals surface area contributed by atoms with Crippen LogP contribution in [0.1, 0.15) is 5.56 Å². The first-order valence-corrected chi connectivity index (χ1v) is 6.73. The summed E-state index contributed by atoms with van der Waals surface area (Å²) in [5.41, 5.74) is 0.808. The van der Waals surface area contributed by atoms with Gasteiger partial charge in [-0.1, -0.05) is 12.1 Å². The van der Waals surface area contributed by atoms with Crippen LogP contribution >= 0.6 is 0 Å². The maximum atomic E-state index is 12.4. The molecule has 0 saturated heterocycles. The van der Waals surface area contributed by atoms with Gasteiger partial charge in [0.05, 0.1) is 9.05 Å². The SMILES string of the molecule is O=S([O-])([O-])=[S+]CCc1ccc(F)cc1.[Na+].[Na+]. The Morgan fingerprint density at radius 2 is 1.69 bits per heavy atom. The fourth-order valence-electron chi connectivity index (χ4n) is 0.913. The van der Waals surface area contributed by atoms with Crippen molar-refractivity contribution in [1.29, 1.82) is 0 Å². The van der Waals surface area contributed by atoms with E-state index in [1.165, 1.54) is 12.1 Å². The van der Waals surface area contributed by atoms with Crippen LogP contribution in [0.4, 0.5) is 4.39 Å². The predicted octanol–water partition coefficient (Wildman–Crippen LogP) is -5.08. The molecule has 0 spiro atoms. The fraction of sp³-hybridized carbons (Fsp3) is 0.250. The molecular formula is C8H8FNa2O3S2+. The van der Waals surface area contributed by atoms with Gasteiger partial charge in [0.15, 0.2) is 5.75 Å². The molecule has 0 heterocycles. The third-order valence-electron chi connectivity index (χ3n) is 1.53. The van der Waals surface area contributed by atoms with Gasteiger partial charge in [-0.25, -0.2) is 8.60 Å². The zero-order chi connectivity index (χ0) is 10.6. The molecule has 3 nitrogen and oxygen atoms in total. The molecule has 0 fully saturated rings. The second-order valence-electron chi connectivity index (χ2n) is 2.61. The molecule has 0 aliphatic carbocycles. The topological polar surface area (TPSA) is 63.2 Å². The van der Waals surface area contributed by atoms with Crippen molar-refractivity contribution in [3.05, 3.63) is 35.6 Å². The Balaban J connectivity index is 0. The van der Waals surface area contributed by atoms with Gasteiger partial charge in [0.25, 0.3) is 0 Å². The largest absolute Gasteiger partial charge is 1.00 e. The van der Waals surface area contributed by atoms with E-state index in [1.54, 1.807) is 12.1 Å². The van der Waals surface area contributed by atoms with Crippen molar-refractivity contribution in [1.82, 2.24) is 0 Å². The van der Waals surface area contributed by atoms with E-state index >= 15 is 0 Å². The van der Waals surface area contributed by atoms with Crippen LogP contribution in [0.15, 0.2) is 24.3 Å². The summed E-state index contributed by atoms with van der Waals surface area (Å²) < 4.78 is 43.1. The Morgan fingerprint density at radius 3 is 2.12 bits per heavy atom. The second-order valence-corrected chi connectivity index (χ2v) is 6.00. The molecule has 0 aromatic heterocycles. The smallest absolute Gasteiger partial charge is 0.746 e. The van der Waals surface area contributed by atoms with E-state index < -0.39 is 9.05 Å². The number of aryl methyl sites for hydroxylation is 1. The predicted molar refractivity (Wildman–Crippen MR) is 52.0 cm³/mol. The molecule has 0 aliphatic heterocycles. The van der Waals surface area contributed by atoms with Gasteiger partial charge >= 0.3 is 59.1 Å². The molecule has 0 amide bonds. The molecule has 78 valence electrons. The maximum Gasteiger partial charge on any atom is 1.00 e. The fourth-order valence-corrected chi connectivity index (χ4v) is 2.30. The summed E-state index contributed by atoms with van der Waals surface area (Å²) >= 11 is 0. The molecule has 0 N–H and O–H groups in total. The number of hydrogen-bond acceptors (Lipinski definition) is 3. The van der Waals surface area contributed by atoms with Crippen molar-refractivity contribution in [2.24, 2.45) is 0 Å². The molecule has 16 heavy (non-hydrogen) atoms. The van der Waals surface area contributed by atoms with Gasteiger partial charge in [0.2, 0.25) is 10.3 Å². The van der Waals surface area contributed by atoms with Crippen molar-refractivity contribution in [2.75, 3.05) is 5.75 Å². The van der Waals surface area contributed by atoms with Crippen molar-refractivity contribution in [3.63, 3.8) is 0 Å². The summed E-state index contributed by atoms with van der Waals surface area (Å²) in [6.45, 7) is 0. The summed E-state index contributed by atoms with van der Waals surface area (Å²) in [6.07, 6.45) is 0.437. The number of benzene rings is 1. The van der Waals surface area contributed by atoms with Gasteiger partial charge in [-0.15, -0.1) is 0 Å². The molecular weight excluding hydrogens is 273 g/mol. The van der Waals surface area contributed by atoms with Crippen LogP contribution in [0.25, 0.3) is 0 Å². The average molecular weight is 281 g/mol. The monoisotopic (exact) mass is 281 g/mol. The minimum atomic E-state index is -4.21. The Labute approximate surface area is 142 Å². The Hall–Kier alpha value is 1.44. The molecule has 0 radical (unpaired) electrons. The first-order chi connectivity index (χ1) is 6.47. The molecule has 0 aliphatic rings. The number of rotatable bonds is 3. The molecule has 0 saturated carbocycles. The van der Waals surface area contributed by atoms with Crippen LogP contribution < -0.4 is 59.1 Å². The van der Waals surface area contributed by atoms with Crippen molar-refractivity contribution < 1.29 is 76.8 Å². The van der Waals surface area contributed by atoms with E-state index in [-0.39, 0.29) is 70.7 Å². The summed E-state index contributed by atoms with van der Waals surface area (Å²) in [4.78, 5) is 0. The molecule has 1 aromatic rings. The molecule has 0 unspecified atom stereocenters. The van der Waals surface area contributed by atoms with E-state index in [0.717, 1.165) is 5.56 Å². The van der Waals surface area contributed by atoms with Crippen LogP contribution in [-0.4, -0.2) is 19.1 Å². The van der Waals surface area contributed by atoms with Crippen molar-refractivity contribution >= 4 is 19.4 Å². The minimum Gasteiger partial charge on any atom is -0.746 e. The first kappa shape index (κ1) is 19.8. The van der Waals surface area contributed by atoms with Gasteiger partial charge in [-0.3, -0.25) is 0 Å². The van der Waals surface area contributed by atoms with E-state index in [0.29, 0.717) is 16.7 Å². The Kier molecular flexibility index (Phi) is 11.6. The summed E-state index contributed by atoms with van der Waals surface area (Å²) in [5.74, 6) is -0.143. The van der Waals surface area contributed by atoms with E-state index in [2.05, 4.69) is 0 Å². The van der Waals surface area contributed by atoms with E-state index in [4.69, 9.17) is 0 Å².